The van der Waals surface area contributed by atoms with Gasteiger partial charge in [0.1, 0.15) is 5.75 Å². The Hall–Kier alpha value is -2.56. The summed E-state index contributed by atoms with van der Waals surface area (Å²) in [7, 11) is 0. The number of hydrogen-bond acceptors (Lipinski definition) is 4. The van der Waals surface area contributed by atoms with E-state index in [-0.39, 0.29) is 0 Å². The molecule has 1 aromatic heterocycles. The Kier molecular flexibility index (Phi) is 3.04. The van der Waals surface area contributed by atoms with Gasteiger partial charge in [0.05, 0.1) is 12.9 Å². The van der Waals surface area contributed by atoms with Crippen LogP contribution in [0, 0.1) is 11.3 Å². The highest BCUT2D eigenvalue weighted by atomic mass is 16.5. The summed E-state index contributed by atoms with van der Waals surface area (Å²) in [6, 6.07) is 6.15. The SMILES string of the molecule is CC(=N)/C(=C(/C)N)c1ccc2c(c1)[C@@H]1[C@H](CO2)[C@H]1c1cnc[nH]1. The third-order valence-corrected chi connectivity index (χ3v) is 4.91. The molecule has 118 valence electrons. The van der Waals surface area contributed by atoms with Gasteiger partial charge in [-0.1, -0.05) is 6.07 Å². The first-order chi connectivity index (χ1) is 11.1. The number of benzene rings is 1. The van der Waals surface area contributed by atoms with Crippen LogP contribution in [0.2, 0.25) is 0 Å². The number of fused-ring (bicyclic) bond motifs is 3. The smallest absolute Gasteiger partial charge is 0.122 e. The molecule has 0 spiro atoms. The van der Waals surface area contributed by atoms with Crippen LogP contribution in [0.15, 0.2) is 36.4 Å². The Morgan fingerprint density at radius 2 is 2.17 bits per heavy atom. The summed E-state index contributed by atoms with van der Waals surface area (Å²) in [4.78, 5) is 7.37. The van der Waals surface area contributed by atoms with E-state index in [2.05, 4.69) is 16.0 Å². The van der Waals surface area contributed by atoms with E-state index < -0.39 is 0 Å². The maximum Gasteiger partial charge on any atom is 0.122 e. The Morgan fingerprint density at radius 3 is 2.83 bits per heavy atom. The monoisotopic (exact) mass is 308 g/mol. The molecule has 2 heterocycles. The fourth-order valence-corrected chi connectivity index (χ4v) is 3.90. The van der Waals surface area contributed by atoms with E-state index in [1.807, 2.05) is 25.3 Å². The van der Waals surface area contributed by atoms with Crippen LogP contribution < -0.4 is 10.5 Å². The Balaban J connectivity index is 1.75. The molecular formula is C18H20N4O. The quantitative estimate of drug-likeness (QED) is 0.762. The zero-order valence-corrected chi connectivity index (χ0v) is 13.3. The number of imidazole rings is 1. The van der Waals surface area contributed by atoms with Gasteiger partial charge in [-0.05, 0) is 37.1 Å². The average molecular weight is 308 g/mol. The first-order valence-electron chi connectivity index (χ1n) is 7.85. The van der Waals surface area contributed by atoms with E-state index in [0.717, 1.165) is 23.5 Å². The highest BCUT2D eigenvalue weighted by Crippen LogP contribution is 2.64. The standard InChI is InChI=1S/C18H20N4O/c1-9(19)16(10(2)20)11-3-4-15-12(5-11)17-13(7-23-15)18(17)14-6-21-8-22-14/h3-6,8,13,17-19H,7,20H2,1-2H3,(H,21,22)/b16-10+,19-9?/t13-,17+,18-/m0/s1. The van der Waals surface area contributed by atoms with Crippen LogP contribution >= 0.6 is 0 Å². The second-order valence-electron chi connectivity index (χ2n) is 6.47. The van der Waals surface area contributed by atoms with E-state index >= 15 is 0 Å². The molecule has 0 unspecified atom stereocenters. The highest BCUT2D eigenvalue weighted by Gasteiger charge is 2.56. The van der Waals surface area contributed by atoms with Crippen molar-refractivity contribution >= 4 is 11.3 Å². The molecule has 2 aliphatic rings. The van der Waals surface area contributed by atoms with Crippen LogP contribution in [0.1, 0.15) is 42.5 Å². The van der Waals surface area contributed by atoms with Gasteiger partial charge in [0.15, 0.2) is 0 Å². The fourth-order valence-electron chi connectivity index (χ4n) is 3.90. The molecule has 4 N–H and O–H groups in total. The number of H-pyrrole nitrogens is 1. The molecule has 1 fully saturated rings. The zero-order valence-electron chi connectivity index (χ0n) is 13.3. The Bertz CT molecular complexity index is 802. The molecule has 5 heteroatoms. The van der Waals surface area contributed by atoms with Crippen molar-refractivity contribution in [1.29, 1.82) is 5.41 Å². The molecule has 23 heavy (non-hydrogen) atoms. The van der Waals surface area contributed by atoms with Crippen molar-refractivity contribution in [3.63, 3.8) is 0 Å². The number of allylic oxidation sites excluding steroid dienone is 2. The minimum atomic E-state index is 0.446. The van der Waals surface area contributed by atoms with Gasteiger partial charge in [-0.2, -0.15) is 0 Å². The van der Waals surface area contributed by atoms with Crippen molar-refractivity contribution in [2.45, 2.75) is 25.7 Å². The lowest BCUT2D eigenvalue weighted by Crippen LogP contribution is -2.10. The van der Waals surface area contributed by atoms with Gasteiger partial charge in [0, 0.05) is 46.6 Å². The number of hydrogen-bond donors (Lipinski definition) is 3. The van der Waals surface area contributed by atoms with Crippen molar-refractivity contribution in [2.24, 2.45) is 11.7 Å². The lowest BCUT2D eigenvalue weighted by Gasteiger charge is -2.18. The molecule has 0 bridgehead atoms. The molecule has 0 saturated heterocycles. The normalized spacial score (nSPS) is 25.7. The molecule has 0 amide bonds. The minimum absolute atomic E-state index is 0.446. The number of aromatic nitrogens is 2. The lowest BCUT2D eigenvalue weighted by atomic mass is 9.95. The molecule has 1 saturated carbocycles. The molecular weight excluding hydrogens is 288 g/mol. The number of rotatable bonds is 3. The average Bonchev–Trinajstić information content (AvgIpc) is 2.99. The number of aromatic amines is 1. The summed E-state index contributed by atoms with van der Waals surface area (Å²) in [6.07, 6.45) is 3.64. The predicted molar refractivity (Wildman–Crippen MR) is 89.7 cm³/mol. The summed E-state index contributed by atoms with van der Waals surface area (Å²) in [5, 5.41) is 7.99. The topological polar surface area (TPSA) is 87.8 Å². The van der Waals surface area contributed by atoms with E-state index in [9.17, 15) is 0 Å². The van der Waals surface area contributed by atoms with E-state index in [1.165, 1.54) is 11.3 Å². The minimum Gasteiger partial charge on any atom is -0.493 e. The Labute approximate surface area is 135 Å². The molecule has 1 aliphatic carbocycles. The van der Waals surface area contributed by atoms with Crippen molar-refractivity contribution in [1.82, 2.24) is 9.97 Å². The van der Waals surface area contributed by atoms with E-state index in [0.29, 0.717) is 29.2 Å². The second-order valence-corrected chi connectivity index (χ2v) is 6.47. The number of nitrogens with one attached hydrogen (secondary N) is 2. The first-order valence-corrected chi connectivity index (χ1v) is 7.85. The van der Waals surface area contributed by atoms with Crippen LogP contribution in [0.5, 0.6) is 5.75 Å². The van der Waals surface area contributed by atoms with Crippen LogP contribution in [0.3, 0.4) is 0 Å². The van der Waals surface area contributed by atoms with Crippen LogP contribution in [0.25, 0.3) is 5.57 Å². The molecule has 3 atom stereocenters. The first kappa shape index (κ1) is 14.1. The number of nitrogens with two attached hydrogens (primary N) is 1. The zero-order chi connectivity index (χ0) is 16.1. The van der Waals surface area contributed by atoms with Crippen LogP contribution in [-0.2, 0) is 0 Å². The molecule has 4 rings (SSSR count). The molecule has 5 nitrogen and oxygen atoms in total. The third kappa shape index (κ3) is 2.15. The Morgan fingerprint density at radius 1 is 1.35 bits per heavy atom. The fraction of sp³-hybridized carbons (Fsp3) is 0.333. The summed E-state index contributed by atoms with van der Waals surface area (Å²) in [5.74, 6) is 2.37. The molecule has 2 aromatic rings. The molecule has 1 aliphatic heterocycles. The van der Waals surface area contributed by atoms with Gasteiger partial charge in [0.2, 0.25) is 0 Å². The van der Waals surface area contributed by atoms with Gasteiger partial charge in [-0.25, -0.2) is 4.98 Å². The van der Waals surface area contributed by atoms with Gasteiger partial charge in [-0.3, -0.25) is 0 Å². The summed E-state index contributed by atoms with van der Waals surface area (Å²) < 4.78 is 5.93. The third-order valence-electron chi connectivity index (χ3n) is 4.91. The summed E-state index contributed by atoms with van der Waals surface area (Å²) in [6.45, 7) is 4.37. The van der Waals surface area contributed by atoms with Crippen LogP contribution in [0.4, 0.5) is 0 Å². The predicted octanol–water partition coefficient (Wildman–Crippen LogP) is 3.03. The van der Waals surface area contributed by atoms with Gasteiger partial charge in [0.25, 0.3) is 0 Å². The van der Waals surface area contributed by atoms with Gasteiger partial charge < -0.3 is 20.9 Å². The maximum atomic E-state index is 7.99. The second kappa shape index (κ2) is 4.98. The van der Waals surface area contributed by atoms with E-state index in [1.54, 1.807) is 13.3 Å². The van der Waals surface area contributed by atoms with Crippen molar-refractivity contribution in [3.8, 4) is 5.75 Å². The highest BCUT2D eigenvalue weighted by molar-refractivity contribution is 6.21. The molecule has 1 aromatic carbocycles. The van der Waals surface area contributed by atoms with Crippen LogP contribution in [-0.4, -0.2) is 22.3 Å². The van der Waals surface area contributed by atoms with Gasteiger partial charge in [-0.15, -0.1) is 0 Å². The number of ether oxygens (including phenoxy) is 1. The van der Waals surface area contributed by atoms with Crippen molar-refractivity contribution in [2.75, 3.05) is 6.61 Å². The maximum absolute atomic E-state index is 7.99. The van der Waals surface area contributed by atoms with Gasteiger partial charge >= 0.3 is 0 Å². The number of nitrogens with zero attached hydrogens (tertiary/aromatic N) is 1. The largest absolute Gasteiger partial charge is 0.493 e. The lowest BCUT2D eigenvalue weighted by molar-refractivity contribution is 0.277. The summed E-state index contributed by atoms with van der Waals surface area (Å²) in [5.41, 5.74) is 11.4. The van der Waals surface area contributed by atoms with E-state index in [4.69, 9.17) is 15.9 Å². The molecule has 0 radical (unpaired) electrons. The van der Waals surface area contributed by atoms with Crippen molar-refractivity contribution in [3.05, 3.63) is 53.2 Å². The van der Waals surface area contributed by atoms with Crippen molar-refractivity contribution < 1.29 is 4.74 Å². The summed E-state index contributed by atoms with van der Waals surface area (Å²) >= 11 is 0.